The van der Waals surface area contributed by atoms with Crippen LogP contribution in [0, 0.1) is 0 Å². The number of hydrogen-bond acceptors (Lipinski definition) is 2. The van der Waals surface area contributed by atoms with Gasteiger partial charge in [-0.25, -0.2) is 0 Å². The fourth-order valence-corrected chi connectivity index (χ4v) is 0.653. The number of rotatable bonds is 2. The molecule has 1 heterocycles. The zero-order chi connectivity index (χ0) is 8.10. The van der Waals surface area contributed by atoms with Crippen LogP contribution in [0.15, 0.2) is 30.6 Å². The molecule has 11 heavy (non-hydrogen) atoms. The topological polar surface area (TPSA) is 56.0 Å². The number of nitrogens with zero attached hydrogens (tertiary/aromatic N) is 1. The second-order valence-electron chi connectivity index (χ2n) is 2.02. The number of pyridine rings is 1. The maximum absolute atomic E-state index is 10.3. The van der Waals surface area contributed by atoms with Crippen LogP contribution in [0.4, 0.5) is 0 Å². The zero-order valence-corrected chi connectivity index (χ0v) is 5.90. The van der Waals surface area contributed by atoms with Crippen LogP contribution in [0.3, 0.4) is 0 Å². The van der Waals surface area contributed by atoms with Crippen LogP contribution in [0.5, 0.6) is 0 Å². The quantitative estimate of drug-likeness (QED) is 0.624. The van der Waals surface area contributed by atoms with Crippen molar-refractivity contribution in [2.45, 2.75) is 0 Å². The molecular weight excluding hydrogens is 140 g/mol. The highest BCUT2D eigenvalue weighted by atomic mass is 16.1. The molecule has 0 aliphatic rings. The van der Waals surface area contributed by atoms with Gasteiger partial charge >= 0.3 is 0 Å². The minimum Gasteiger partial charge on any atom is -0.366 e. The molecule has 0 aliphatic carbocycles. The lowest BCUT2D eigenvalue weighted by atomic mass is 10.2. The van der Waals surface area contributed by atoms with Gasteiger partial charge in [-0.1, -0.05) is 0 Å². The van der Waals surface area contributed by atoms with Crippen molar-refractivity contribution < 1.29 is 4.79 Å². The maximum atomic E-state index is 10.3. The van der Waals surface area contributed by atoms with E-state index in [1.165, 1.54) is 6.08 Å². The van der Waals surface area contributed by atoms with Gasteiger partial charge < -0.3 is 5.73 Å². The molecule has 3 heteroatoms. The van der Waals surface area contributed by atoms with Gasteiger partial charge in [0.15, 0.2) is 0 Å². The van der Waals surface area contributed by atoms with Gasteiger partial charge in [0.05, 0.1) is 0 Å². The Hall–Kier alpha value is -1.64. The molecule has 1 aromatic heterocycles. The Morgan fingerprint density at radius 1 is 1.45 bits per heavy atom. The highest BCUT2D eigenvalue weighted by Crippen LogP contribution is 1.97. The Kier molecular flexibility index (Phi) is 2.38. The largest absolute Gasteiger partial charge is 0.366 e. The summed E-state index contributed by atoms with van der Waals surface area (Å²) in [6.45, 7) is 0. The number of hydrogen-bond donors (Lipinski definition) is 1. The number of carbonyl (C=O) groups is 1. The van der Waals surface area contributed by atoms with Crippen molar-refractivity contribution in [2.24, 2.45) is 5.73 Å². The van der Waals surface area contributed by atoms with E-state index in [1.54, 1.807) is 30.6 Å². The van der Waals surface area contributed by atoms with Crippen molar-refractivity contribution >= 4 is 12.0 Å². The van der Waals surface area contributed by atoms with E-state index < -0.39 is 5.91 Å². The van der Waals surface area contributed by atoms with Crippen LogP contribution in [-0.4, -0.2) is 10.9 Å². The summed E-state index contributed by atoms with van der Waals surface area (Å²) >= 11 is 0. The summed E-state index contributed by atoms with van der Waals surface area (Å²) in [5, 5.41) is 0. The van der Waals surface area contributed by atoms with E-state index in [-0.39, 0.29) is 0 Å². The average molecular weight is 148 g/mol. The fraction of sp³-hybridized carbons (Fsp3) is 0. The van der Waals surface area contributed by atoms with Crippen molar-refractivity contribution in [2.75, 3.05) is 0 Å². The number of aromatic nitrogens is 1. The number of nitrogens with two attached hydrogens (primary N) is 1. The lowest BCUT2D eigenvalue weighted by Gasteiger charge is -1.87. The van der Waals surface area contributed by atoms with Crippen LogP contribution in [0.25, 0.3) is 6.08 Å². The van der Waals surface area contributed by atoms with E-state index in [4.69, 9.17) is 5.73 Å². The molecule has 1 amide bonds. The van der Waals surface area contributed by atoms with Gasteiger partial charge in [0.2, 0.25) is 5.91 Å². The third-order valence-corrected chi connectivity index (χ3v) is 1.15. The minimum absolute atomic E-state index is 0.443. The summed E-state index contributed by atoms with van der Waals surface area (Å²) < 4.78 is 0. The number of primary amides is 1. The Labute approximate surface area is 64.6 Å². The number of amides is 1. The molecule has 0 atom stereocenters. The van der Waals surface area contributed by atoms with Crippen LogP contribution in [-0.2, 0) is 4.79 Å². The highest BCUT2D eigenvalue weighted by molar-refractivity contribution is 5.90. The predicted molar refractivity (Wildman–Crippen MR) is 42.5 cm³/mol. The van der Waals surface area contributed by atoms with Crippen molar-refractivity contribution in [1.82, 2.24) is 4.98 Å². The summed E-state index contributed by atoms with van der Waals surface area (Å²) in [5.41, 5.74) is 5.81. The lowest BCUT2D eigenvalue weighted by molar-refractivity contribution is -0.113. The third-order valence-electron chi connectivity index (χ3n) is 1.15. The summed E-state index contributed by atoms with van der Waals surface area (Å²) in [4.78, 5) is 14.1. The van der Waals surface area contributed by atoms with Crippen LogP contribution in [0.1, 0.15) is 5.56 Å². The van der Waals surface area contributed by atoms with Crippen LogP contribution < -0.4 is 5.73 Å². The van der Waals surface area contributed by atoms with Gasteiger partial charge in [-0.2, -0.15) is 0 Å². The monoisotopic (exact) mass is 148 g/mol. The molecule has 0 radical (unpaired) electrons. The first kappa shape index (κ1) is 7.47. The van der Waals surface area contributed by atoms with Crippen LogP contribution in [0.2, 0.25) is 0 Å². The van der Waals surface area contributed by atoms with Gasteiger partial charge in [0, 0.05) is 18.5 Å². The fourth-order valence-electron chi connectivity index (χ4n) is 0.653. The molecule has 1 rings (SSSR count). The first-order chi connectivity index (χ1) is 5.29. The number of carbonyl (C=O) groups excluding carboxylic acids is 1. The third kappa shape index (κ3) is 2.62. The second kappa shape index (κ2) is 3.51. The Balaban J connectivity index is 2.72. The molecule has 0 aliphatic heterocycles. The molecule has 0 unspecified atom stereocenters. The second-order valence-corrected chi connectivity index (χ2v) is 2.02. The first-order valence-corrected chi connectivity index (χ1v) is 3.16. The molecule has 2 N–H and O–H groups in total. The average Bonchev–Trinajstić information content (AvgIpc) is 2.03. The SMILES string of the molecule is NC(=O)/C=C/c1ccncc1. The normalized spacial score (nSPS) is 10.2. The predicted octanol–water partition coefficient (Wildman–Crippen LogP) is 0.580. The van der Waals surface area contributed by atoms with Gasteiger partial charge in [-0.3, -0.25) is 9.78 Å². The molecule has 0 fully saturated rings. The molecule has 0 saturated carbocycles. The van der Waals surface area contributed by atoms with E-state index in [2.05, 4.69) is 4.98 Å². The van der Waals surface area contributed by atoms with E-state index in [0.29, 0.717) is 0 Å². The summed E-state index contributed by atoms with van der Waals surface area (Å²) in [5.74, 6) is -0.443. The molecule has 1 aromatic rings. The van der Waals surface area contributed by atoms with Gasteiger partial charge in [-0.15, -0.1) is 0 Å². The summed E-state index contributed by atoms with van der Waals surface area (Å²) in [6, 6.07) is 3.58. The molecule has 0 spiro atoms. The lowest BCUT2D eigenvalue weighted by Crippen LogP contribution is -2.04. The molecule has 56 valence electrons. The first-order valence-electron chi connectivity index (χ1n) is 3.16. The summed E-state index contributed by atoms with van der Waals surface area (Å²) in [6.07, 6.45) is 6.26. The molecule has 0 bridgehead atoms. The standard InChI is InChI=1S/C8H8N2O/c9-8(11)2-1-7-3-5-10-6-4-7/h1-6H,(H2,9,11)/b2-1+. The highest BCUT2D eigenvalue weighted by Gasteiger charge is 1.84. The van der Waals surface area contributed by atoms with Crippen molar-refractivity contribution in [3.63, 3.8) is 0 Å². The minimum atomic E-state index is -0.443. The van der Waals surface area contributed by atoms with Crippen LogP contribution >= 0.6 is 0 Å². The van der Waals surface area contributed by atoms with Gasteiger partial charge in [0.1, 0.15) is 0 Å². The van der Waals surface area contributed by atoms with E-state index in [9.17, 15) is 4.79 Å². The van der Waals surface area contributed by atoms with E-state index in [0.717, 1.165) is 5.56 Å². The molecule has 0 aromatic carbocycles. The van der Waals surface area contributed by atoms with E-state index in [1.807, 2.05) is 0 Å². The Morgan fingerprint density at radius 3 is 2.64 bits per heavy atom. The van der Waals surface area contributed by atoms with Crippen molar-refractivity contribution in [3.8, 4) is 0 Å². The smallest absolute Gasteiger partial charge is 0.241 e. The molecular formula is C8H8N2O. The van der Waals surface area contributed by atoms with E-state index >= 15 is 0 Å². The molecule has 0 saturated heterocycles. The van der Waals surface area contributed by atoms with Crippen molar-refractivity contribution in [3.05, 3.63) is 36.2 Å². The Bertz CT molecular complexity index is 267. The maximum Gasteiger partial charge on any atom is 0.241 e. The Morgan fingerprint density at radius 2 is 2.09 bits per heavy atom. The zero-order valence-electron chi connectivity index (χ0n) is 5.90. The summed E-state index contributed by atoms with van der Waals surface area (Å²) in [7, 11) is 0. The van der Waals surface area contributed by atoms with Crippen molar-refractivity contribution in [1.29, 1.82) is 0 Å². The van der Waals surface area contributed by atoms with Gasteiger partial charge in [0.25, 0.3) is 0 Å². The van der Waals surface area contributed by atoms with Gasteiger partial charge in [-0.05, 0) is 23.8 Å². The molecule has 3 nitrogen and oxygen atoms in total.